The first-order chi connectivity index (χ1) is 17.3. The van der Waals surface area contributed by atoms with Crippen molar-refractivity contribution in [3.63, 3.8) is 0 Å². The van der Waals surface area contributed by atoms with E-state index in [0.29, 0.717) is 6.61 Å². The third-order valence-electron chi connectivity index (χ3n) is 8.44. The highest BCUT2D eigenvalue weighted by atomic mass is 16.2. The van der Waals surface area contributed by atoms with Crippen LogP contribution in [0.2, 0.25) is 0 Å². The maximum Gasteiger partial charge on any atom is 0.0431 e. The molecule has 0 saturated carbocycles. The van der Waals surface area contributed by atoms with Crippen LogP contribution in [0.1, 0.15) is 201 Å². The molecule has 0 rings (SSSR count). The summed E-state index contributed by atoms with van der Waals surface area (Å²) in [4.78, 5) is 0. The second kappa shape index (κ2) is 30.2. The lowest BCUT2D eigenvalue weighted by Gasteiger charge is -2.28. The Labute approximate surface area is 224 Å². The van der Waals surface area contributed by atoms with Crippen LogP contribution in [0, 0.1) is 11.8 Å². The van der Waals surface area contributed by atoms with Gasteiger partial charge in [0.15, 0.2) is 0 Å². The fraction of sp³-hybridized carbons (Fsp3) is 1.00. The van der Waals surface area contributed by atoms with Crippen LogP contribution in [-0.2, 0) is 0 Å². The van der Waals surface area contributed by atoms with Gasteiger partial charge in [0.1, 0.15) is 0 Å². The molecule has 0 radical (unpaired) electrons. The van der Waals surface area contributed by atoms with E-state index in [1.807, 2.05) is 0 Å². The highest BCUT2D eigenvalue weighted by Crippen LogP contribution is 2.33. The Bertz CT molecular complexity index is 366. The Morgan fingerprint density at radius 2 is 0.543 bits per heavy atom. The molecule has 0 bridgehead atoms. The Hall–Kier alpha value is -0.0400. The quantitative estimate of drug-likeness (QED) is 0.0984. The summed E-state index contributed by atoms with van der Waals surface area (Å²) < 4.78 is 0. The van der Waals surface area contributed by atoms with Crippen molar-refractivity contribution >= 4 is 0 Å². The number of aliphatic hydroxyl groups is 1. The maximum absolute atomic E-state index is 9.07. The molecule has 0 aliphatic carbocycles. The monoisotopic (exact) mass is 495 g/mol. The minimum Gasteiger partial charge on any atom is -0.396 e. The highest BCUT2D eigenvalue weighted by Gasteiger charge is 2.20. The summed E-state index contributed by atoms with van der Waals surface area (Å²) in [5, 5.41) is 9.07. The first-order valence-electron chi connectivity index (χ1n) is 16.9. The molecule has 212 valence electrons. The van der Waals surface area contributed by atoms with Gasteiger partial charge in [-0.1, -0.05) is 194 Å². The van der Waals surface area contributed by atoms with Crippen LogP contribution in [0.5, 0.6) is 0 Å². The molecule has 1 nitrogen and oxygen atoms in total. The molecule has 0 spiro atoms. The van der Waals surface area contributed by atoms with Gasteiger partial charge in [-0.25, -0.2) is 0 Å². The minimum atomic E-state index is 0.374. The molecule has 0 aromatic carbocycles. The van der Waals surface area contributed by atoms with E-state index in [1.165, 1.54) is 173 Å². The summed E-state index contributed by atoms with van der Waals surface area (Å²) in [5.41, 5.74) is 0. The molecule has 35 heavy (non-hydrogen) atoms. The Morgan fingerprint density at radius 1 is 0.314 bits per heavy atom. The summed E-state index contributed by atoms with van der Waals surface area (Å²) in [6.07, 6.45) is 39.8. The molecule has 2 unspecified atom stereocenters. The van der Waals surface area contributed by atoms with Crippen molar-refractivity contribution in [2.75, 3.05) is 6.61 Å². The van der Waals surface area contributed by atoms with Gasteiger partial charge < -0.3 is 5.11 Å². The zero-order valence-electron chi connectivity index (χ0n) is 25.1. The summed E-state index contributed by atoms with van der Waals surface area (Å²) >= 11 is 0. The summed E-state index contributed by atoms with van der Waals surface area (Å²) in [6, 6.07) is 0. The van der Waals surface area contributed by atoms with Crippen molar-refractivity contribution in [1.82, 2.24) is 0 Å². The molecule has 1 heteroatoms. The van der Waals surface area contributed by atoms with Crippen LogP contribution in [0.15, 0.2) is 0 Å². The van der Waals surface area contributed by atoms with Gasteiger partial charge in [-0.05, 0) is 18.3 Å². The van der Waals surface area contributed by atoms with Crippen LogP contribution in [-0.4, -0.2) is 11.7 Å². The molecule has 0 amide bonds. The van der Waals surface area contributed by atoms with Crippen molar-refractivity contribution in [3.05, 3.63) is 0 Å². The number of hydrogen-bond donors (Lipinski definition) is 1. The number of aliphatic hydroxyl groups excluding tert-OH is 1. The van der Waals surface area contributed by atoms with Crippen molar-refractivity contribution < 1.29 is 5.11 Å². The van der Waals surface area contributed by atoms with Crippen LogP contribution in [0.3, 0.4) is 0 Å². The molecule has 0 saturated heterocycles. The molecular weight excluding hydrogens is 424 g/mol. The fourth-order valence-corrected chi connectivity index (χ4v) is 6.02. The largest absolute Gasteiger partial charge is 0.396 e. The third-order valence-corrected chi connectivity index (χ3v) is 8.44. The van der Waals surface area contributed by atoms with Gasteiger partial charge in [-0.2, -0.15) is 0 Å². The van der Waals surface area contributed by atoms with Gasteiger partial charge in [0, 0.05) is 6.61 Å². The van der Waals surface area contributed by atoms with Crippen LogP contribution >= 0.6 is 0 Å². The van der Waals surface area contributed by atoms with Gasteiger partial charge in [0.05, 0.1) is 0 Å². The van der Waals surface area contributed by atoms with Gasteiger partial charge in [0.2, 0.25) is 0 Å². The third kappa shape index (κ3) is 25.4. The Balaban J connectivity index is 4.65. The summed E-state index contributed by atoms with van der Waals surface area (Å²) in [7, 11) is 0. The molecular formula is C34H70O. The van der Waals surface area contributed by atoms with E-state index in [2.05, 4.69) is 20.8 Å². The van der Waals surface area contributed by atoms with Gasteiger partial charge >= 0.3 is 0 Å². The Kier molecular flexibility index (Phi) is 30.2. The van der Waals surface area contributed by atoms with E-state index in [0.717, 1.165) is 18.3 Å². The molecule has 0 fully saturated rings. The Morgan fingerprint density at radius 3 is 0.800 bits per heavy atom. The smallest absolute Gasteiger partial charge is 0.0431 e. The molecule has 0 aromatic rings. The summed E-state index contributed by atoms with van der Waals surface area (Å²) in [6.45, 7) is 7.35. The molecule has 0 aliphatic heterocycles. The standard InChI is InChI=1S/C34H70O/c1-4-7-10-13-15-19-24-29-33(28-23-18-12-9-6-3)34(31-26-21-17-22-27-32-35)30-25-20-16-14-11-8-5-2/h33-35H,4-32H2,1-3H3. The average molecular weight is 495 g/mol. The van der Waals surface area contributed by atoms with E-state index in [1.54, 1.807) is 0 Å². The molecule has 0 aliphatic rings. The van der Waals surface area contributed by atoms with E-state index in [-0.39, 0.29) is 0 Å². The van der Waals surface area contributed by atoms with Crippen molar-refractivity contribution in [2.24, 2.45) is 11.8 Å². The maximum atomic E-state index is 9.07. The molecule has 1 N–H and O–H groups in total. The zero-order valence-corrected chi connectivity index (χ0v) is 25.1. The lowest BCUT2D eigenvalue weighted by molar-refractivity contribution is 0.235. The van der Waals surface area contributed by atoms with Gasteiger partial charge in [-0.3, -0.25) is 0 Å². The normalized spacial score (nSPS) is 13.4. The minimum absolute atomic E-state index is 0.374. The van der Waals surface area contributed by atoms with Crippen LogP contribution in [0.25, 0.3) is 0 Å². The highest BCUT2D eigenvalue weighted by molar-refractivity contribution is 4.72. The molecule has 0 heterocycles. The fourth-order valence-electron chi connectivity index (χ4n) is 6.02. The van der Waals surface area contributed by atoms with Gasteiger partial charge in [-0.15, -0.1) is 0 Å². The lowest BCUT2D eigenvalue weighted by atomic mass is 9.78. The molecule has 0 aromatic heterocycles. The predicted molar refractivity (Wildman–Crippen MR) is 160 cm³/mol. The SMILES string of the molecule is CCCCCCCCCC(CCCCCCC)C(CCCCCCCO)CCCCCCCCC. The first-order valence-corrected chi connectivity index (χ1v) is 16.9. The zero-order chi connectivity index (χ0) is 25.7. The first kappa shape index (κ1) is 35.0. The average Bonchev–Trinajstić information content (AvgIpc) is 2.87. The molecule has 2 atom stereocenters. The summed E-state index contributed by atoms with van der Waals surface area (Å²) in [5.74, 6) is 1.97. The predicted octanol–water partition coefficient (Wildman–Crippen LogP) is 12.2. The van der Waals surface area contributed by atoms with Crippen molar-refractivity contribution in [1.29, 1.82) is 0 Å². The van der Waals surface area contributed by atoms with E-state index < -0.39 is 0 Å². The van der Waals surface area contributed by atoms with E-state index >= 15 is 0 Å². The van der Waals surface area contributed by atoms with Crippen LogP contribution < -0.4 is 0 Å². The lowest BCUT2D eigenvalue weighted by Crippen LogP contribution is -2.16. The van der Waals surface area contributed by atoms with Crippen molar-refractivity contribution in [3.8, 4) is 0 Å². The second-order valence-corrected chi connectivity index (χ2v) is 11.8. The number of hydrogen-bond acceptors (Lipinski definition) is 1. The topological polar surface area (TPSA) is 20.2 Å². The number of unbranched alkanes of at least 4 members (excludes halogenated alkanes) is 20. The second-order valence-electron chi connectivity index (χ2n) is 11.8. The number of rotatable bonds is 30. The van der Waals surface area contributed by atoms with E-state index in [4.69, 9.17) is 5.11 Å². The van der Waals surface area contributed by atoms with Crippen LogP contribution in [0.4, 0.5) is 0 Å². The van der Waals surface area contributed by atoms with Gasteiger partial charge in [0.25, 0.3) is 0 Å². The van der Waals surface area contributed by atoms with Crippen molar-refractivity contribution in [2.45, 2.75) is 201 Å². The van der Waals surface area contributed by atoms with E-state index in [9.17, 15) is 0 Å².